The van der Waals surface area contributed by atoms with E-state index in [1.165, 1.54) is 31.2 Å². The van der Waals surface area contributed by atoms with E-state index in [0.717, 1.165) is 11.1 Å². The van der Waals surface area contributed by atoms with E-state index in [2.05, 4.69) is 4.99 Å². The van der Waals surface area contributed by atoms with Gasteiger partial charge in [0, 0.05) is 11.8 Å². The van der Waals surface area contributed by atoms with Crippen LogP contribution in [-0.4, -0.2) is 75.2 Å². The molecule has 0 spiro atoms. The number of carboxylic acid groups (broad SMARTS) is 1. The van der Waals surface area contributed by atoms with Crippen LogP contribution < -0.4 is 0 Å². The zero-order valence-corrected chi connectivity index (χ0v) is 18.2. The molecule has 33 heavy (non-hydrogen) atoms. The van der Waals surface area contributed by atoms with Crippen molar-refractivity contribution >= 4 is 33.7 Å². The summed E-state index contributed by atoms with van der Waals surface area (Å²) in [4.78, 5) is 40.9. The summed E-state index contributed by atoms with van der Waals surface area (Å²) in [6, 6.07) is 9.08. The van der Waals surface area contributed by atoms with Gasteiger partial charge in [0.05, 0.1) is 6.42 Å². The number of nitrogens with zero attached hydrogens (tertiary/aromatic N) is 2. The fourth-order valence-corrected chi connectivity index (χ4v) is 6.39. The Bertz CT molecular complexity index is 1300. The number of Topliss-reactive ketones (excluding diaryl/α,β-unsaturated/α-hetero) is 1. The predicted octanol–water partition coefficient (Wildman–Crippen LogP) is 1.22. The molecular formula is C22H20N2O8S. The molecule has 0 aliphatic carbocycles. The number of β-lactam (4-membered cyclic amide) rings is 1. The van der Waals surface area contributed by atoms with Crippen molar-refractivity contribution in [3.8, 4) is 22.6 Å². The van der Waals surface area contributed by atoms with Crippen LogP contribution in [0.15, 0.2) is 47.5 Å². The SMILES string of the molecule is C[C@]1(C=NCC(=O)c2ccc(-c3ccc(O)c(O)c3)cc2)[C@H](C(=O)O)N2C(=O)C[C@H]2S1(=O)=O. The molecule has 2 aliphatic heterocycles. The second-order valence-electron chi connectivity index (χ2n) is 8.10. The fraction of sp³-hybridized carbons (Fsp3) is 0.273. The molecule has 0 aromatic heterocycles. The summed E-state index contributed by atoms with van der Waals surface area (Å²) in [6.45, 7) is 0.790. The van der Waals surface area contributed by atoms with Gasteiger partial charge in [0.25, 0.3) is 0 Å². The minimum atomic E-state index is -4.03. The lowest BCUT2D eigenvalue weighted by atomic mass is 9.97. The molecule has 2 aromatic carbocycles. The van der Waals surface area contributed by atoms with Crippen LogP contribution >= 0.6 is 0 Å². The molecule has 2 fully saturated rings. The van der Waals surface area contributed by atoms with Gasteiger partial charge in [-0.3, -0.25) is 14.6 Å². The number of carboxylic acids is 1. The molecule has 2 aliphatic rings. The van der Waals surface area contributed by atoms with Crippen LogP contribution in [0.5, 0.6) is 11.5 Å². The van der Waals surface area contributed by atoms with Gasteiger partial charge in [-0.2, -0.15) is 0 Å². The van der Waals surface area contributed by atoms with Crippen molar-refractivity contribution in [2.45, 2.75) is 29.5 Å². The maximum atomic E-state index is 12.8. The van der Waals surface area contributed by atoms with E-state index < -0.39 is 50.2 Å². The molecule has 1 amide bonds. The average molecular weight is 472 g/mol. The topological polar surface area (TPSA) is 162 Å². The quantitative estimate of drug-likeness (QED) is 0.245. The molecule has 10 nitrogen and oxygen atoms in total. The summed E-state index contributed by atoms with van der Waals surface area (Å²) in [5.74, 6) is -2.95. The van der Waals surface area contributed by atoms with Crippen molar-refractivity contribution in [1.29, 1.82) is 0 Å². The summed E-state index contributed by atoms with van der Waals surface area (Å²) in [6.07, 6.45) is 0.692. The van der Waals surface area contributed by atoms with Crippen LogP contribution in [0.3, 0.4) is 0 Å². The number of carbonyl (C=O) groups excluding carboxylic acids is 2. The Kier molecular flexibility index (Phi) is 5.24. The van der Waals surface area contributed by atoms with Gasteiger partial charge in [-0.1, -0.05) is 30.3 Å². The minimum absolute atomic E-state index is 0.249. The van der Waals surface area contributed by atoms with Crippen molar-refractivity contribution < 1.29 is 38.1 Å². The van der Waals surface area contributed by atoms with Gasteiger partial charge in [0.15, 0.2) is 33.2 Å². The van der Waals surface area contributed by atoms with Crippen LogP contribution in [0.1, 0.15) is 23.7 Å². The Morgan fingerprint density at radius 3 is 2.33 bits per heavy atom. The van der Waals surface area contributed by atoms with Crippen LogP contribution in [0.25, 0.3) is 11.1 Å². The highest BCUT2D eigenvalue weighted by atomic mass is 32.2. The smallest absolute Gasteiger partial charge is 0.328 e. The van der Waals surface area contributed by atoms with E-state index >= 15 is 0 Å². The molecule has 3 atom stereocenters. The second-order valence-corrected chi connectivity index (χ2v) is 10.6. The van der Waals surface area contributed by atoms with Gasteiger partial charge >= 0.3 is 5.97 Å². The number of amides is 1. The number of hydrogen-bond acceptors (Lipinski definition) is 8. The van der Waals surface area contributed by atoms with E-state index in [1.54, 1.807) is 18.2 Å². The number of phenolic OH excluding ortho intramolecular Hbond substituents is 2. The maximum absolute atomic E-state index is 12.8. The number of benzene rings is 2. The van der Waals surface area contributed by atoms with E-state index in [0.29, 0.717) is 16.7 Å². The van der Waals surface area contributed by atoms with Gasteiger partial charge < -0.3 is 20.2 Å². The number of hydrogen-bond donors (Lipinski definition) is 3. The lowest BCUT2D eigenvalue weighted by Gasteiger charge is -2.35. The van der Waals surface area contributed by atoms with Gasteiger partial charge in [0.2, 0.25) is 5.91 Å². The standard InChI is InChI=1S/C22H20N2O8S/c1-22(20(21(29)30)24-18(28)9-19(24)33(22,31)32)11-23-10-17(27)13-4-2-12(3-5-13)14-6-7-15(25)16(26)8-14/h2-8,11,19-20,25-26H,9-10H2,1H3,(H,29,30)/t19-,20+,22+/m1/s1. The molecule has 0 saturated carbocycles. The molecule has 11 heteroatoms. The fourth-order valence-electron chi connectivity index (χ4n) is 4.16. The third kappa shape index (κ3) is 3.44. The monoisotopic (exact) mass is 472 g/mol. The first kappa shape index (κ1) is 22.5. The number of sulfone groups is 1. The van der Waals surface area contributed by atoms with Gasteiger partial charge in [-0.25, -0.2) is 13.2 Å². The minimum Gasteiger partial charge on any atom is -0.504 e. The van der Waals surface area contributed by atoms with Crippen LogP contribution in [0, 0.1) is 0 Å². The molecule has 172 valence electrons. The van der Waals surface area contributed by atoms with Crippen molar-refractivity contribution in [3.63, 3.8) is 0 Å². The third-order valence-corrected chi connectivity index (χ3v) is 8.74. The Morgan fingerprint density at radius 1 is 1.12 bits per heavy atom. The summed E-state index contributed by atoms with van der Waals surface area (Å²) in [5.41, 5.74) is 1.61. The number of carbonyl (C=O) groups is 3. The number of ketones is 1. The molecule has 2 aromatic rings. The van der Waals surface area contributed by atoms with Crippen LogP contribution in [0.2, 0.25) is 0 Å². The van der Waals surface area contributed by atoms with Gasteiger partial charge in [0.1, 0.15) is 16.7 Å². The van der Waals surface area contributed by atoms with E-state index in [1.807, 2.05) is 0 Å². The first-order chi connectivity index (χ1) is 15.5. The third-order valence-electron chi connectivity index (χ3n) is 6.07. The van der Waals surface area contributed by atoms with Crippen molar-refractivity contribution in [2.24, 2.45) is 4.99 Å². The Balaban J connectivity index is 1.51. The molecule has 0 unspecified atom stereocenters. The maximum Gasteiger partial charge on any atom is 0.328 e. The van der Waals surface area contributed by atoms with Crippen molar-refractivity contribution in [1.82, 2.24) is 4.90 Å². The molecule has 4 rings (SSSR count). The predicted molar refractivity (Wildman–Crippen MR) is 117 cm³/mol. The molecule has 2 heterocycles. The Hall–Kier alpha value is -3.73. The highest BCUT2D eigenvalue weighted by Gasteiger charge is 2.69. The summed E-state index contributed by atoms with van der Waals surface area (Å²) < 4.78 is 23.7. The largest absolute Gasteiger partial charge is 0.504 e. The molecule has 2 saturated heterocycles. The van der Waals surface area contributed by atoms with Gasteiger partial charge in [-0.05, 0) is 30.2 Å². The average Bonchev–Trinajstić information content (AvgIpc) is 2.90. The number of aliphatic carboxylic acids is 1. The van der Waals surface area contributed by atoms with Crippen molar-refractivity contribution in [3.05, 3.63) is 48.0 Å². The van der Waals surface area contributed by atoms with E-state index in [4.69, 9.17) is 0 Å². The molecule has 3 N–H and O–H groups in total. The van der Waals surface area contributed by atoms with Gasteiger partial charge in [-0.15, -0.1) is 0 Å². The summed E-state index contributed by atoms with van der Waals surface area (Å²) in [5, 5.41) is 27.4. The Morgan fingerprint density at radius 2 is 1.76 bits per heavy atom. The number of rotatable bonds is 6. The molecule has 0 radical (unpaired) electrons. The number of aromatic hydroxyl groups is 2. The number of aliphatic imine (C=N–C) groups is 1. The summed E-state index contributed by atoms with van der Waals surface area (Å²) in [7, 11) is -4.03. The normalized spacial score (nSPS) is 25.6. The van der Waals surface area contributed by atoms with Crippen LogP contribution in [0.4, 0.5) is 0 Å². The highest BCUT2D eigenvalue weighted by molar-refractivity contribution is 7.94. The second kappa shape index (κ2) is 7.69. The first-order valence-electron chi connectivity index (χ1n) is 9.91. The van der Waals surface area contributed by atoms with E-state index in [9.17, 15) is 38.1 Å². The molecule has 0 bridgehead atoms. The van der Waals surface area contributed by atoms with Crippen LogP contribution in [-0.2, 0) is 19.4 Å². The molecular weight excluding hydrogens is 452 g/mol. The highest BCUT2D eigenvalue weighted by Crippen LogP contribution is 2.45. The summed E-state index contributed by atoms with van der Waals surface area (Å²) >= 11 is 0. The van der Waals surface area contributed by atoms with Crippen molar-refractivity contribution in [2.75, 3.05) is 6.54 Å². The lowest BCUT2D eigenvalue weighted by molar-refractivity contribution is -0.156. The zero-order chi connectivity index (χ0) is 24.1. The number of fused-ring (bicyclic) bond motifs is 1. The van der Waals surface area contributed by atoms with E-state index in [-0.39, 0.29) is 17.9 Å². The number of phenols is 2. The first-order valence-corrected chi connectivity index (χ1v) is 11.5. The zero-order valence-electron chi connectivity index (χ0n) is 17.4. The lowest BCUT2D eigenvalue weighted by Crippen LogP contribution is -2.57. The Labute approximate surface area is 188 Å².